The zero-order chi connectivity index (χ0) is 16.7. The van der Waals surface area contributed by atoms with Crippen LogP contribution in [-0.2, 0) is 16.4 Å². The van der Waals surface area contributed by atoms with Gasteiger partial charge in [-0.1, -0.05) is 12.1 Å². The maximum absolute atomic E-state index is 12.1. The number of rotatable bonds is 3. The van der Waals surface area contributed by atoms with Gasteiger partial charge in [-0.2, -0.15) is 5.10 Å². The minimum Gasteiger partial charge on any atom is -0.300 e. The number of sulfone groups is 1. The average molecular weight is 346 g/mol. The highest BCUT2D eigenvalue weighted by atomic mass is 32.2. The van der Waals surface area contributed by atoms with Crippen LogP contribution in [0.5, 0.6) is 0 Å². The van der Waals surface area contributed by atoms with Crippen LogP contribution in [0, 0.1) is 0 Å². The lowest BCUT2D eigenvalue weighted by Gasteiger charge is -2.42. The zero-order valence-electron chi connectivity index (χ0n) is 13.7. The first-order chi connectivity index (χ1) is 11.5. The van der Waals surface area contributed by atoms with Crippen LogP contribution in [0.2, 0.25) is 0 Å². The second kappa shape index (κ2) is 5.98. The van der Waals surface area contributed by atoms with E-state index >= 15 is 0 Å². The summed E-state index contributed by atoms with van der Waals surface area (Å²) in [6.07, 6.45) is 3.69. The maximum atomic E-state index is 12.1. The predicted molar refractivity (Wildman–Crippen MR) is 92.8 cm³/mol. The van der Waals surface area contributed by atoms with Crippen LogP contribution < -0.4 is 0 Å². The molecule has 24 heavy (non-hydrogen) atoms. The van der Waals surface area contributed by atoms with Crippen LogP contribution in [0.3, 0.4) is 0 Å². The minimum absolute atomic E-state index is 0.0992. The van der Waals surface area contributed by atoms with Crippen molar-refractivity contribution < 1.29 is 8.42 Å². The molecule has 2 saturated heterocycles. The molecule has 7 heteroatoms. The molecule has 0 bridgehead atoms. The third-order valence-electron chi connectivity index (χ3n) is 5.13. The summed E-state index contributed by atoms with van der Waals surface area (Å²) in [5, 5.41) is 4.27. The van der Waals surface area contributed by atoms with Crippen LogP contribution in [0.25, 0.3) is 5.69 Å². The predicted octanol–water partition coefficient (Wildman–Crippen LogP) is 0.785. The third kappa shape index (κ3) is 2.99. The largest absolute Gasteiger partial charge is 0.300 e. The number of hydrogen-bond donors (Lipinski definition) is 0. The van der Waals surface area contributed by atoms with Crippen molar-refractivity contribution in [3.05, 3.63) is 48.3 Å². The lowest BCUT2D eigenvalue weighted by Crippen LogP contribution is -2.57. The molecule has 128 valence electrons. The summed E-state index contributed by atoms with van der Waals surface area (Å²) in [6, 6.07) is 10.4. The second-order valence-corrected chi connectivity index (χ2v) is 8.94. The lowest BCUT2D eigenvalue weighted by molar-refractivity contribution is 0.0573. The van der Waals surface area contributed by atoms with E-state index in [1.807, 2.05) is 36.1 Å². The van der Waals surface area contributed by atoms with E-state index in [9.17, 15) is 8.42 Å². The van der Waals surface area contributed by atoms with Crippen molar-refractivity contribution in [1.29, 1.82) is 0 Å². The SMILES string of the molecule is CN1CCN(Cc2cccc(-n3cccn3)c2)[C@H]2CS(=O)(=O)C[C@H]21. The first kappa shape index (κ1) is 15.8. The van der Waals surface area contributed by atoms with Crippen molar-refractivity contribution in [2.45, 2.75) is 18.6 Å². The van der Waals surface area contributed by atoms with Gasteiger partial charge in [-0.05, 0) is 30.8 Å². The average Bonchev–Trinajstić information content (AvgIpc) is 3.18. The van der Waals surface area contributed by atoms with Gasteiger partial charge in [-0.15, -0.1) is 0 Å². The number of hydrogen-bond acceptors (Lipinski definition) is 5. The number of likely N-dealkylation sites (N-methyl/N-ethyl adjacent to an activating group) is 1. The van der Waals surface area contributed by atoms with Gasteiger partial charge in [-0.3, -0.25) is 9.80 Å². The van der Waals surface area contributed by atoms with Crippen molar-refractivity contribution in [3.63, 3.8) is 0 Å². The maximum Gasteiger partial charge on any atom is 0.153 e. The van der Waals surface area contributed by atoms with Gasteiger partial charge in [0.25, 0.3) is 0 Å². The first-order valence-corrected chi connectivity index (χ1v) is 10.1. The molecule has 0 radical (unpaired) electrons. The van der Waals surface area contributed by atoms with Gasteiger partial charge in [0.05, 0.1) is 17.2 Å². The molecule has 0 N–H and O–H groups in total. The third-order valence-corrected chi connectivity index (χ3v) is 6.83. The van der Waals surface area contributed by atoms with Gasteiger partial charge in [0.15, 0.2) is 9.84 Å². The molecule has 4 rings (SSSR count). The van der Waals surface area contributed by atoms with E-state index in [0.717, 1.165) is 25.3 Å². The van der Waals surface area contributed by atoms with Crippen molar-refractivity contribution >= 4 is 9.84 Å². The monoisotopic (exact) mass is 346 g/mol. The summed E-state index contributed by atoms with van der Waals surface area (Å²) < 4.78 is 26.0. The topological polar surface area (TPSA) is 58.4 Å². The van der Waals surface area contributed by atoms with Crippen LogP contribution in [0.15, 0.2) is 42.7 Å². The molecule has 6 nitrogen and oxygen atoms in total. The molecule has 1 aromatic carbocycles. The van der Waals surface area contributed by atoms with Gasteiger partial charge < -0.3 is 0 Å². The van der Waals surface area contributed by atoms with Crippen LogP contribution >= 0.6 is 0 Å². The number of benzene rings is 1. The molecular weight excluding hydrogens is 324 g/mol. The number of fused-ring (bicyclic) bond motifs is 1. The Morgan fingerprint density at radius 1 is 1.17 bits per heavy atom. The summed E-state index contributed by atoms with van der Waals surface area (Å²) in [5.74, 6) is 0.568. The molecule has 0 amide bonds. The van der Waals surface area contributed by atoms with Crippen LogP contribution in [0.4, 0.5) is 0 Å². The second-order valence-electron chi connectivity index (χ2n) is 6.78. The lowest BCUT2D eigenvalue weighted by atomic mass is 10.0. The minimum atomic E-state index is -2.93. The molecule has 0 spiro atoms. The fourth-order valence-electron chi connectivity index (χ4n) is 3.85. The fourth-order valence-corrected chi connectivity index (χ4v) is 5.93. The Kier molecular flexibility index (Phi) is 3.94. The standard InChI is InChI=1S/C17H22N4O2S/c1-19-8-9-20(17-13-24(22,23)12-16(17)19)11-14-4-2-5-15(10-14)21-7-3-6-18-21/h2-7,10,16-17H,8-9,11-13H2,1H3/t16-,17+/m1/s1. The first-order valence-electron chi connectivity index (χ1n) is 8.25. The highest BCUT2D eigenvalue weighted by molar-refractivity contribution is 7.91. The van der Waals surface area contributed by atoms with Crippen molar-refractivity contribution in [1.82, 2.24) is 19.6 Å². The molecule has 2 fully saturated rings. The summed E-state index contributed by atoms with van der Waals surface area (Å²) in [5.41, 5.74) is 2.22. The van der Waals surface area contributed by atoms with Gasteiger partial charge in [0, 0.05) is 44.1 Å². The Bertz CT molecular complexity index is 819. The number of aromatic nitrogens is 2. The molecular formula is C17H22N4O2S. The molecule has 0 saturated carbocycles. The molecule has 1 aromatic heterocycles. The normalized spacial score (nSPS) is 27.2. The Morgan fingerprint density at radius 2 is 2.00 bits per heavy atom. The van der Waals surface area contributed by atoms with Gasteiger partial charge in [-0.25, -0.2) is 13.1 Å². The van der Waals surface area contributed by atoms with Crippen molar-refractivity contribution in [2.75, 3.05) is 31.6 Å². The smallest absolute Gasteiger partial charge is 0.153 e. The van der Waals surface area contributed by atoms with Crippen LogP contribution in [-0.4, -0.2) is 71.7 Å². The molecule has 2 atom stereocenters. The van der Waals surface area contributed by atoms with E-state index in [2.05, 4.69) is 27.0 Å². The zero-order valence-corrected chi connectivity index (χ0v) is 14.6. The highest BCUT2D eigenvalue weighted by Crippen LogP contribution is 2.27. The number of nitrogens with zero attached hydrogens (tertiary/aromatic N) is 4. The number of piperazine rings is 1. The summed E-state index contributed by atoms with van der Waals surface area (Å²) in [6.45, 7) is 2.59. The fraction of sp³-hybridized carbons (Fsp3) is 0.471. The van der Waals surface area contributed by atoms with E-state index in [4.69, 9.17) is 0 Å². The summed E-state index contributed by atoms with van der Waals surface area (Å²) in [7, 11) is -0.892. The van der Waals surface area contributed by atoms with Gasteiger partial charge in [0.2, 0.25) is 0 Å². The Morgan fingerprint density at radius 3 is 2.79 bits per heavy atom. The summed E-state index contributed by atoms with van der Waals surface area (Å²) >= 11 is 0. The molecule has 0 unspecified atom stereocenters. The quantitative estimate of drug-likeness (QED) is 0.822. The van der Waals surface area contributed by atoms with Crippen molar-refractivity contribution in [3.8, 4) is 5.69 Å². The van der Waals surface area contributed by atoms with E-state index < -0.39 is 9.84 Å². The molecule has 2 aliphatic heterocycles. The summed E-state index contributed by atoms with van der Waals surface area (Å²) in [4.78, 5) is 4.53. The van der Waals surface area contributed by atoms with Gasteiger partial charge in [0.1, 0.15) is 0 Å². The highest BCUT2D eigenvalue weighted by Gasteiger charge is 2.45. The molecule has 3 heterocycles. The van der Waals surface area contributed by atoms with Crippen molar-refractivity contribution in [2.24, 2.45) is 0 Å². The molecule has 0 aliphatic carbocycles. The van der Waals surface area contributed by atoms with Crippen LogP contribution in [0.1, 0.15) is 5.56 Å². The van der Waals surface area contributed by atoms with E-state index in [-0.39, 0.29) is 23.6 Å². The Balaban J connectivity index is 1.56. The van der Waals surface area contributed by atoms with E-state index in [0.29, 0.717) is 0 Å². The van der Waals surface area contributed by atoms with E-state index in [1.54, 1.807) is 6.20 Å². The Labute approximate surface area is 142 Å². The molecule has 2 aliphatic rings. The van der Waals surface area contributed by atoms with E-state index in [1.165, 1.54) is 5.56 Å². The Hall–Kier alpha value is -1.70. The van der Waals surface area contributed by atoms with Gasteiger partial charge >= 0.3 is 0 Å². The molecule has 2 aromatic rings.